The molecule has 1 aromatic rings. The molecule has 1 N–H and O–H groups in total. The Bertz CT molecular complexity index is 516. The number of benzene rings is 1. The van der Waals surface area contributed by atoms with Gasteiger partial charge in [0.2, 0.25) is 0 Å². The number of carboxylic acids is 1. The molecule has 22 heavy (non-hydrogen) atoms. The van der Waals surface area contributed by atoms with Crippen molar-refractivity contribution in [3.05, 3.63) is 35.4 Å². The van der Waals surface area contributed by atoms with E-state index in [1.165, 1.54) is 0 Å². The van der Waals surface area contributed by atoms with Crippen LogP contribution in [0.25, 0.3) is 0 Å². The van der Waals surface area contributed by atoms with Gasteiger partial charge in [0.05, 0.1) is 17.8 Å². The number of likely N-dealkylation sites (N-methyl/N-ethyl adjacent to an activating group) is 1. The van der Waals surface area contributed by atoms with Gasteiger partial charge in [-0.1, -0.05) is 12.1 Å². The Kier molecular flexibility index (Phi) is 5.56. The lowest BCUT2D eigenvalue weighted by Gasteiger charge is -2.38. The molecule has 5 heteroatoms. The number of hydrogen-bond donors (Lipinski definition) is 1. The lowest BCUT2D eigenvalue weighted by Crippen LogP contribution is -2.49. The Hall–Kier alpha value is -1.43. The molecule has 0 saturated carbocycles. The van der Waals surface area contributed by atoms with Gasteiger partial charge in [-0.2, -0.15) is 0 Å². The molecule has 122 valence electrons. The van der Waals surface area contributed by atoms with Crippen LogP contribution in [0.15, 0.2) is 24.3 Å². The van der Waals surface area contributed by atoms with Gasteiger partial charge in [0.1, 0.15) is 0 Å². The Labute approximate surface area is 132 Å². The first-order valence-corrected chi connectivity index (χ1v) is 7.73. The molecule has 1 aliphatic rings. The quantitative estimate of drug-likeness (QED) is 0.870. The van der Waals surface area contributed by atoms with Crippen molar-refractivity contribution in [2.45, 2.75) is 26.0 Å². The van der Waals surface area contributed by atoms with E-state index in [1.54, 1.807) is 18.2 Å². The van der Waals surface area contributed by atoms with E-state index in [0.29, 0.717) is 5.56 Å². The molecule has 0 bridgehead atoms. The van der Waals surface area contributed by atoms with Crippen molar-refractivity contribution in [2.75, 3.05) is 39.8 Å². The summed E-state index contributed by atoms with van der Waals surface area (Å²) in [4.78, 5) is 15.6. The maximum atomic E-state index is 11.0. The van der Waals surface area contributed by atoms with Crippen molar-refractivity contribution in [1.29, 1.82) is 0 Å². The molecule has 1 saturated heterocycles. The molecule has 1 aliphatic heterocycles. The first-order valence-electron chi connectivity index (χ1n) is 7.73. The Balaban J connectivity index is 1.81. The summed E-state index contributed by atoms with van der Waals surface area (Å²) < 4.78 is 5.72. The molecule has 5 nitrogen and oxygen atoms in total. The summed E-state index contributed by atoms with van der Waals surface area (Å²) in [7, 11) is 2.07. The predicted octanol–water partition coefficient (Wildman–Crippen LogP) is 1.93. The van der Waals surface area contributed by atoms with Crippen LogP contribution < -0.4 is 0 Å². The average molecular weight is 306 g/mol. The van der Waals surface area contributed by atoms with E-state index in [0.717, 1.165) is 44.9 Å². The second-order valence-corrected chi connectivity index (χ2v) is 6.63. The highest BCUT2D eigenvalue weighted by atomic mass is 16.5. The zero-order valence-corrected chi connectivity index (χ0v) is 13.7. The van der Waals surface area contributed by atoms with Crippen molar-refractivity contribution in [3.63, 3.8) is 0 Å². The van der Waals surface area contributed by atoms with E-state index in [4.69, 9.17) is 9.84 Å². The number of morpholine rings is 1. The highest BCUT2D eigenvalue weighted by Crippen LogP contribution is 2.16. The maximum Gasteiger partial charge on any atom is 0.335 e. The largest absolute Gasteiger partial charge is 0.478 e. The van der Waals surface area contributed by atoms with Crippen LogP contribution in [0.5, 0.6) is 0 Å². The molecule has 0 aliphatic carbocycles. The first kappa shape index (κ1) is 16.9. The summed E-state index contributed by atoms with van der Waals surface area (Å²) in [5.74, 6) is -0.875. The number of rotatable bonds is 6. The molecule has 0 radical (unpaired) electrons. The molecule has 0 spiro atoms. The Morgan fingerprint density at radius 2 is 2.23 bits per heavy atom. The van der Waals surface area contributed by atoms with Gasteiger partial charge in [-0.15, -0.1) is 0 Å². The van der Waals surface area contributed by atoms with Crippen molar-refractivity contribution in [1.82, 2.24) is 9.80 Å². The topological polar surface area (TPSA) is 53.0 Å². The molecule has 0 aromatic heterocycles. The van der Waals surface area contributed by atoms with Gasteiger partial charge in [0, 0.05) is 32.7 Å². The van der Waals surface area contributed by atoms with Crippen LogP contribution in [0, 0.1) is 0 Å². The predicted molar refractivity (Wildman–Crippen MR) is 86.2 cm³/mol. The summed E-state index contributed by atoms with van der Waals surface area (Å²) >= 11 is 0. The van der Waals surface area contributed by atoms with Crippen LogP contribution in [-0.2, 0) is 11.3 Å². The van der Waals surface area contributed by atoms with E-state index in [2.05, 4.69) is 30.7 Å². The van der Waals surface area contributed by atoms with E-state index in [1.807, 2.05) is 6.07 Å². The second-order valence-electron chi connectivity index (χ2n) is 6.63. The number of nitrogens with zero attached hydrogens (tertiary/aromatic N) is 2. The van der Waals surface area contributed by atoms with Gasteiger partial charge >= 0.3 is 5.97 Å². The molecule has 2 rings (SSSR count). The average Bonchev–Trinajstić information content (AvgIpc) is 2.44. The summed E-state index contributed by atoms with van der Waals surface area (Å²) in [6.45, 7) is 9.68. The standard InChI is InChI=1S/C17H26N2O3/c1-17(2)13-19(9-10-22-17)8-7-18(3)12-14-5-4-6-15(11-14)16(20)21/h4-6,11H,7-10,12-13H2,1-3H3,(H,20,21). The van der Waals surface area contributed by atoms with Crippen LogP contribution in [0.3, 0.4) is 0 Å². The molecule has 1 heterocycles. The van der Waals surface area contributed by atoms with E-state index in [-0.39, 0.29) is 5.60 Å². The van der Waals surface area contributed by atoms with Crippen LogP contribution in [-0.4, -0.2) is 66.3 Å². The molecule has 0 amide bonds. The lowest BCUT2D eigenvalue weighted by molar-refractivity contribution is -0.0868. The van der Waals surface area contributed by atoms with E-state index < -0.39 is 5.97 Å². The normalized spacial score (nSPS) is 18.5. The summed E-state index contributed by atoms with van der Waals surface area (Å²) in [6, 6.07) is 7.15. The molecule has 1 fully saturated rings. The number of aromatic carboxylic acids is 1. The third-order valence-corrected chi connectivity index (χ3v) is 3.93. The van der Waals surface area contributed by atoms with E-state index in [9.17, 15) is 4.79 Å². The van der Waals surface area contributed by atoms with Crippen molar-refractivity contribution in [3.8, 4) is 0 Å². The number of carboxylic acid groups (broad SMARTS) is 1. The van der Waals surface area contributed by atoms with Gasteiger partial charge in [-0.25, -0.2) is 4.79 Å². The van der Waals surface area contributed by atoms with Gasteiger partial charge < -0.3 is 14.7 Å². The zero-order chi connectivity index (χ0) is 16.2. The Morgan fingerprint density at radius 3 is 2.91 bits per heavy atom. The van der Waals surface area contributed by atoms with Gasteiger partial charge in [-0.3, -0.25) is 4.90 Å². The van der Waals surface area contributed by atoms with Crippen molar-refractivity contribution >= 4 is 5.97 Å². The third-order valence-electron chi connectivity index (χ3n) is 3.93. The highest BCUT2D eigenvalue weighted by Gasteiger charge is 2.26. The van der Waals surface area contributed by atoms with Crippen LogP contribution in [0.1, 0.15) is 29.8 Å². The van der Waals surface area contributed by atoms with Gasteiger partial charge in [0.15, 0.2) is 0 Å². The number of carbonyl (C=O) groups is 1. The molecular weight excluding hydrogens is 280 g/mol. The lowest BCUT2D eigenvalue weighted by atomic mass is 10.1. The molecule has 1 aromatic carbocycles. The summed E-state index contributed by atoms with van der Waals surface area (Å²) in [6.07, 6.45) is 0. The van der Waals surface area contributed by atoms with Gasteiger partial charge in [-0.05, 0) is 38.6 Å². The second kappa shape index (κ2) is 7.22. The first-order chi connectivity index (χ1) is 10.4. The Morgan fingerprint density at radius 1 is 1.45 bits per heavy atom. The van der Waals surface area contributed by atoms with Crippen molar-refractivity contribution < 1.29 is 14.6 Å². The number of hydrogen-bond acceptors (Lipinski definition) is 4. The fraction of sp³-hybridized carbons (Fsp3) is 0.588. The highest BCUT2D eigenvalue weighted by molar-refractivity contribution is 5.87. The van der Waals surface area contributed by atoms with Gasteiger partial charge in [0.25, 0.3) is 0 Å². The zero-order valence-electron chi connectivity index (χ0n) is 13.7. The smallest absolute Gasteiger partial charge is 0.335 e. The van der Waals surface area contributed by atoms with Crippen molar-refractivity contribution in [2.24, 2.45) is 0 Å². The SMILES string of the molecule is CN(CCN1CCOC(C)(C)C1)Cc1cccc(C(=O)O)c1. The van der Waals surface area contributed by atoms with E-state index >= 15 is 0 Å². The monoisotopic (exact) mass is 306 g/mol. The minimum absolute atomic E-state index is 0.0629. The number of ether oxygens (including phenoxy) is 1. The van der Waals surface area contributed by atoms with Crippen LogP contribution >= 0.6 is 0 Å². The molecule has 0 unspecified atom stereocenters. The van der Waals surface area contributed by atoms with Crippen LogP contribution in [0.2, 0.25) is 0 Å². The summed E-state index contributed by atoms with van der Waals surface area (Å²) in [5, 5.41) is 9.03. The molecule has 0 atom stereocenters. The third kappa shape index (κ3) is 5.09. The minimum Gasteiger partial charge on any atom is -0.478 e. The summed E-state index contributed by atoms with van der Waals surface area (Å²) in [5.41, 5.74) is 1.32. The van der Waals surface area contributed by atoms with Crippen LogP contribution in [0.4, 0.5) is 0 Å². The fourth-order valence-electron chi connectivity index (χ4n) is 2.81. The minimum atomic E-state index is -0.875. The molecular formula is C17H26N2O3. The maximum absolute atomic E-state index is 11.0. The fourth-order valence-corrected chi connectivity index (χ4v) is 2.81.